The molecule has 0 saturated carbocycles. The molecule has 2 nitrogen and oxygen atoms in total. The van der Waals surface area contributed by atoms with Crippen molar-refractivity contribution in [3.63, 3.8) is 0 Å². The lowest BCUT2D eigenvalue weighted by Crippen LogP contribution is -2.39. The molecule has 1 aliphatic rings. The average molecular weight is 208 g/mol. The molecule has 3 heteroatoms. The zero-order valence-corrected chi connectivity index (χ0v) is 8.99. The summed E-state index contributed by atoms with van der Waals surface area (Å²) in [5.74, 6) is -0.165. The average Bonchev–Trinajstić information content (AvgIpc) is 2.50. The highest BCUT2D eigenvalue weighted by Gasteiger charge is 2.28. The van der Waals surface area contributed by atoms with Crippen LogP contribution in [0.3, 0.4) is 0 Å². The second-order valence-electron chi connectivity index (χ2n) is 4.33. The summed E-state index contributed by atoms with van der Waals surface area (Å²) < 4.78 is 13.0. The number of nitrogens with zero attached hydrogens (tertiary/aromatic N) is 1. The van der Waals surface area contributed by atoms with Crippen LogP contribution in [0.4, 0.5) is 4.39 Å². The van der Waals surface area contributed by atoms with Crippen LogP contribution in [-0.2, 0) is 6.42 Å². The molecule has 1 saturated heterocycles. The van der Waals surface area contributed by atoms with Gasteiger partial charge in [-0.1, -0.05) is 12.1 Å². The van der Waals surface area contributed by atoms with Gasteiger partial charge in [0.05, 0.1) is 0 Å². The fraction of sp³-hybridized carbons (Fsp3) is 0.500. The van der Waals surface area contributed by atoms with Gasteiger partial charge in [-0.05, 0) is 44.1 Å². The van der Waals surface area contributed by atoms with E-state index in [1.165, 1.54) is 6.07 Å². The van der Waals surface area contributed by atoms with Gasteiger partial charge in [-0.15, -0.1) is 0 Å². The largest absolute Gasteiger partial charge is 0.326 e. The predicted octanol–water partition coefficient (Wildman–Crippen LogP) is 1.40. The maximum atomic E-state index is 13.0. The molecule has 0 aromatic heterocycles. The second kappa shape index (κ2) is 4.29. The van der Waals surface area contributed by atoms with Crippen molar-refractivity contribution in [1.82, 2.24) is 4.90 Å². The maximum absolute atomic E-state index is 13.0. The van der Waals surface area contributed by atoms with Gasteiger partial charge in [0.2, 0.25) is 0 Å². The number of halogens is 1. The Balaban J connectivity index is 2.08. The fourth-order valence-electron chi connectivity index (χ4n) is 2.25. The number of benzene rings is 1. The van der Waals surface area contributed by atoms with Crippen molar-refractivity contribution < 1.29 is 4.39 Å². The van der Waals surface area contributed by atoms with Crippen LogP contribution >= 0.6 is 0 Å². The quantitative estimate of drug-likeness (QED) is 0.796. The zero-order valence-electron chi connectivity index (χ0n) is 8.99. The third kappa shape index (κ3) is 2.36. The third-order valence-corrected chi connectivity index (χ3v) is 3.21. The lowest BCUT2D eigenvalue weighted by atomic mass is 10.0. The first kappa shape index (κ1) is 10.6. The summed E-state index contributed by atoms with van der Waals surface area (Å²) >= 11 is 0. The Hall–Kier alpha value is -0.930. The van der Waals surface area contributed by atoms with Gasteiger partial charge < -0.3 is 10.6 Å². The molecule has 1 heterocycles. The number of nitrogens with two attached hydrogens (primary N) is 1. The summed E-state index contributed by atoms with van der Waals surface area (Å²) in [6.45, 7) is 1.04. The van der Waals surface area contributed by atoms with Gasteiger partial charge in [0.15, 0.2) is 0 Å². The van der Waals surface area contributed by atoms with Gasteiger partial charge in [0.25, 0.3) is 0 Å². The normalized spacial score (nSPS) is 27.1. The molecular formula is C12H17FN2. The van der Waals surface area contributed by atoms with Gasteiger partial charge in [-0.2, -0.15) is 0 Å². The first-order valence-corrected chi connectivity index (χ1v) is 5.37. The van der Waals surface area contributed by atoms with E-state index >= 15 is 0 Å². The molecule has 2 N–H and O–H groups in total. The fourth-order valence-corrected chi connectivity index (χ4v) is 2.25. The Morgan fingerprint density at radius 1 is 1.53 bits per heavy atom. The van der Waals surface area contributed by atoms with Crippen LogP contribution in [0.5, 0.6) is 0 Å². The monoisotopic (exact) mass is 208 g/mol. The van der Waals surface area contributed by atoms with E-state index in [0.29, 0.717) is 6.04 Å². The van der Waals surface area contributed by atoms with Gasteiger partial charge in [-0.3, -0.25) is 0 Å². The highest BCUT2D eigenvalue weighted by molar-refractivity contribution is 5.18. The first-order chi connectivity index (χ1) is 7.16. The van der Waals surface area contributed by atoms with Crippen molar-refractivity contribution in [2.75, 3.05) is 13.6 Å². The molecule has 15 heavy (non-hydrogen) atoms. The standard InChI is InChI=1S/C12H17FN2/c1-15-6-5-11(14)12(15)8-9-3-2-4-10(13)7-9/h2-4,7,11-12H,5-6,8,14H2,1H3/t11-,12+/m1/s1. The topological polar surface area (TPSA) is 29.3 Å². The van der Waals surface area contributed by atoms with Gasteiger partial charge in [0.1, 0.15) is 5.82 Å². The van der Waals surface area contributed by atoms with Gasteiger partial charge in [0, 0.05) is 12.1 Å². The summed E-state index contributed by atoms with van der Waals surface area (Å²) in [4.78, 5) is 2.26. The Morgan fingerprint density at radius 3 is 2.93 bits per heavy atom. The van der Waals surface area contributed by atoms with E-state index in [0.717, 1.165) is 24.9 Å². The van der Waals surface area contributed by atoms with E-state index in [-0.39, 0.29) is 11.9 Å². The van der Waals surface area contributed by atoms with Crippen molar-refractivity contribution in [1.29, 1.82) is 0 Å². The SMILES string of the molecule is CN1CC[C@@H](N)[C@@H]1Cc1cccc(F)c1. The van der Waals surface area contributed by atoms with Crippen LogP contribution < -0.4 is 5.73 Å². The Kier molecular flexibility index (Phi) is 3.03. The summed E-state index contributed by atoms with van der Waals surface area (Å²) in [6.07, 6.45) is 1.88. The molecule has 0 unspecified atom stereocenters. The zero-order chi connectivity index (χ0) is 10.8. The lowest BCUT2D eigenvalue weighted by Gasteiger charge is -2.22. The molecule has 1 aromatic rings. The van der Waals surface area contributed by atoms with Crippen molar-refractivity contribution in [3.05, 3.63) is 35.6 Å². The maximum Gasteiger partial charge on any atom is 0.123 e. The molecule has 2 atom stereocenters. The summed E-state index contributed by atoms with van der Waals surface area (Å²) in [5.41, 5.74) is 7.05. The molecule has 1 aromatic carbocycles. The minimum absolute atomic E-state index is 0.165. The summed E-state index contributed by atoms with van der Waals surface area (Å²) in [5, 5.41) is 0. The first-order valence-electron chi connectivity index (χ1n) is 5.37. The van der Waals surface area contributed by atoms with E-state index in [1.807, 2.05) is 6.07 Å². The van der Waals surface area contributed by atoms with E-state index < -0.39 is 0 Å². The molecule has 1 aliphatic heterocycles. The van der Waals surface area contributed by atoms with E-state index in [2.05, 4.69) is 11.9 Å². The van der Waals surface area contributed by atoms with E-state index in [9.17, 15) is 4.39 Å². The molecule has 0 radical (unpaired) electrons. The molecule has 0 spiro atoms. The van der Waals surface area contributed by atoms with Crippen LogP contribution in [0.25, 0.3) is 0 Å². The number of hydrogen-bond acceptors (Lipinski definition) is 2. The van der Waals surface area contributed by atoms with Crippen molar-refractivity contribution in [2.45, 2.75) is 24.9 Å². The summed E-state index contributed by atoms with van der Waals surface area (Å²) in [6, 6.07) is 7.36. The number of rotatable bonds is 2. The van der Waals surface area contributed by atoms with E-state index in [4.69, 9.17) is 5.73 Å². The molecular weight excluding hydrogens is 191 g/mol. The third-order valence-electron chi connectivity index (χ3n) is 3.21. The predicted molar refractivity (Wildman–Crippen MR) is 59.1 cm³/mol. The van der Waals surface area contributed by atoms with Gasteiger partial charge in [-0.25, -0.2) is 4.39 Å². The van der Waals surface area contributed by atoms with Crippen LogP contribution in [0.2, 0.25) is 0 Å². The van der Waals surface area contributed by atoms with Crippen LogP contribution in [0.1, 0.15) is 12.0 Å². The highest BCUT2D eigenvalue weighted by atomic mass is 19.1. The molecule has 0 aliphatic carbocycles. The number of likely N-dealkylation sites (N-methyl/N-ethyl adjacent to an activating group) is 1. The minimum atomic E-state index is -0.165. The minimum Gasteiger partial charge on any atom is -0.326 e. The summed E-state index contributed by atoms with van der Waals surface area (Å²) in [7, 11) is 2.08. The smallest absolute Gasteiger partial charge is 0.123 e. The Bertz CT molecular complexity index is 330. The molecule has 2 rings (SSSR count). The van der Waals surface area contributed by atoms with E-state index in [1.54, 1.807) is 12.1 Å². The Labute approximate surface area is 89.9 Å². The molecule has 0 amide bonds. The van der Waals surface area contributed by atoms with Crippen molar-refractivity contribution in [3.8, 4) is 0 Å². The molecule has 82 valence electrons. The highest BCUT2D eigenvalue weighted by Crippen LogP contribution is 2.18. The molecule has 0 bridgehead atoms. The van der Waals surface area contributed by atoms with Gasteiger partial charge >= 0.3 is 0 Å². The number of likely N-dealkylation sites (tertiary alicyclic amines) is 1. The lowest BCUT2D eigenvalue weighted by molar-refractivity contribution is 0.296. The molecule has 1 fully saturated rings. The van der Waals surface area contributed by atoms with Crippen LogP contribution in [-0.4, -0.2) is 30.6 Å². The Morgan fingerprint density at radius 2 is 2.33 bits per heavy atom. The second-order valence-corrected chi connectivity index (χ2v) is 4.33. The van der Waals surface area contributed by atoms with Crippen molar-refractivity contribution in [2.24, 2.45) is 5.73 Å². The number of hydrogen-bond donors (Lipinski definition) is 1. The van der Waals surface area contributed by atoms with Crippen LogP contribution in [0, 0.1) is 5.82 Å². The van der Waals surface area contributed by atoms with Crippen molar-refractivity contribution >= 4 is 0 Å². The van der Waals surface area contributed by atoms with Crippen LogP contribution in [0.15, 0.2) is 24.3 Å².